The number of hydrogen-bond acceptors (Lipinski definition) is 6. The Labute approximate surface area is 328 Å². The second-order valence-electron chi connectivity index (χ2n) is 14.3. The predicted molar refractivity (Wildman–Crippen MR) is 224 cm³/mol. The van der Waals surface area contributed by atoms with Crippen molar-refractivity contribution in [1.29, 1.82) is 0 Å². The standard InChI is InChI=1S/C46H73NO7/c1-6-8-10-12-14-16-18-20-21-22-23-24-25-27-28-30-32-34-36-44(48)53-41-42(40-52-39-38-43(46(50)51)47(3,4)5)54-45(49)37-35-33-31-29-26-19-17-15-13-11-9-7-2/h9-12,14-18,20-24,26,29,42-43H,6-8,13,19,25,27-28,30-41H2,1-5H3/p+1/b11-9+,12-10+,16-14+,17-15+,20-18+,22-21+,24-23+,29-26+. The minimum atomic E-state index is -0.891. The molecule has 304 valence electrons. The number of unbranched alkanes of at least 4 members (excludes halogenated alkanes) is 8. The van der Waals surface area contributed by atoms with Crippen molar-refractivity contribution in [3.63, 3.8) is 0 Å². The van der Waals surface area contributed by atoms with Crippen molar-refractivity contribution in [3.05, 3.63) is 97.2 Å². The van der Waals surface area contributed by atoms with Crippen molar-refractivity contribution in [1.82, 2.24) is 0 Å². The van der Waals surface area contributed by atoms with Gasteiger partial charge in [0.05, 0.1) is 34.4 Å². The van der Waals surface area contributed by atoms with E-state index in [1.165, 1.54) is 6.42 Å². The molecule has 0 aliphatic heterocycles. The van der Waals surface area contributed by atoms with E-state index in [1.807, 2.05) is 57.6 Å². The van der Waals surface area contributed by atoms with Crippen molar-refractivity contribution < 1.29 is 38.2 Å². The summed E-state index contributed by atoms with van der Waals surface area (Å²) >= 11 is 0. The number of hydrogen-bond donors (Lipinski definition) is 1. The highest BCUT2D eigenvalue weighted by molar-refractivity contribution is 5.72. The van der Waals surface area contributed by atoms with Gasteiger partial charge in [0.25, 0.3) is 0 Å². The average Bonchev–Trinajstić information content (AvgIpc) is 3.12. The van der Waals surface area contributed by atoms with Crippen LogP contribution in [0.3, 0.4) is 0 Å². The molecular formula is C46H74NO7+. The Morgan fingerprint density at radius 1 is 0.593 bits per heavy atom. The molecule has 8 nitrogen and oxygen atoms in total. The topological polar surface area (TPSA) is 99.1 Å². The van der Waals surface area contributed by atoms with Gasteiger partial charge < -0.3 is 23.8 Å². The van der Waals surface area contributed by atoms with Gasteiger partial charge in [-0.05, 0) is 64.2 Å². The third-order valence-electron chi connectivity index (χ3n) is 8.33. The van der Waals surface area contributed by atoms with Crippen LogP contribution in [0, 0.1) is 0 Å². The molecule has 0 aliphatic carbocycles. The van der Waals surface area contributed by atoms with Crippen LogP contribution in [0.4, 0.5) is 0 Å². The van der Waals surface area contributed by atoms with Gasteiger partial charge in [-0.25, -0.2) is 4.79 Å². The highest BCUT2D eigenvalue weighted by Gasteiger charge is 2.31. The molecule has 0 radical (unpaired) electrons. The van der Waals surface area contributed by atoms with Crippen LogP contribution in [0.5, 0.6) is 0 Å². The lowest BCUT2D eigenvalue weighted by molar-refractivity contribution is -0.887. The van der Waals surface area contributed by atoms with Crippen LogP contribution in [0.25, 0.3) is 0 Å². The third kappa shape index (κ3) is 34.0. The predicted octanol–water partition coefficient (Wildman–Crippen LogP) is 10.7. The number of carboxylic acid groups (broad SMARTS) is 1. The fourth-order valence-electron chi connectivity index (χ4n) is 5.19. The van der Waals surface area contributed by atoms with E-state index in [-0.39, 0.29) is 42.7 Å². The van der Waals surface area contributed by atoms with Crippen molar-refractivity contribution in [3.8, 4) is 0 Å². The molecule has 0 amide bonds. The van der Waals surface area contributed by atoms with Gasteiger partial charge in [-0.15, -0.1) is 0 Å². The second-order valence-corrected chi connectivity index (χ2v) is 14.3. The maximum atomic E-state index is 12.7. The molecule has 0 saturated carbocycles. The summed E-state index contributed by atoms with van der Waals surface area (Å²) in [6.45, 7) is 4.42. The van der Waals surface area contributed by atoms with E-state index in [9.17, 15) is 19.5 Å². The quantitative estimate of drug-likeness (QED) is 0.0230. The molecular weight excluding hydrogens is 679 g/mol. The summed E-state index contributed by atoms with van der Waals surface area (Å²) in [5, 5.41) is 9.60. The lowest BCUT2D eigenvalue weighted by Gasteiger charge is -2.31. The van der Waals surface area contributed by atoms with Crippen molar-refractivity contribution in [2.24, 2.45) is 0 Å². The molecule has 0 fully saturated rings. The summed E-state index contributed by atoms with van der Waals surface area (Å²) < 4.78 is 17.2. The van der Waals surface area contributed by atoms with Gasteiger partial charge >= 0.3 is 17.9 Å². The summed E-state index contributed by atoms with van der Waals surface area (Å²) in [5.41, 5.74) is 0. The van der Waals surface area contributed by atoms with E-state index in [4.69, 9.17) is 14.2 Å². The number of carbonyl (C=O) groups excluding carboxylic acids is 2. The summed E-state index contributed by atoms with van der Waals surface area (Å²) in [6.07, 6.45) is 47.4. The van der Waals surface area contributed by atoms with E-state index in [0.29, 0.717) is 19.3 Å². The van der Waals surface area contributed by atoms with E-state index >= 15 is 0 Å². The van der Waals surface area contributed by atoms with Crippen molar-refractivity contribution >= 4 is 17.9 Å². The Bertz CT molecular complexity index is 1200. The molecule has 8 heteroatoms. The van der Waals surface area contributed by atoms with Crippen LogP contribution in [0.15, 0.2) is 97.2 Å². The number of nitrogens with zero attached hydrogens (tertiary/aromatic N) is 1. The third-order valence-corrected chi connectivity index (χ3v) is 8.33. The number of ether oxygens (including phenoxy) is 3. The summed E-state index contributed by atoms with van der Waals surface area (Å²) in [5.74, 6) is -1.57. The van der Waals surface area contributed by atoms with E-state index in [0.717, 1.165) is 77.0 Å². The first-order chi connectivity index (χ1) is 26.1. The van der Waals surface area contributed by atoms with Crippen LogP contribution >= 0.6 is 0 Å². The van der Waals surface area contributed by atoms with Crippen LogP contribution < -0.4 is 0 Å². The number of allylic oxidation sites excluding steroid dienone is 16. The van der Waals surface area contributed by atoms with Gasteiger partial charge in [0, 0.05) is 19.3 Å². The van der Waals surface area contributed by atoms with Gasteiger partial charge in [0.15, 0.2) is 12.1 Å². The van der Waals surface area contributed by atoms with Crippen molar-refractivity contribution in [2.45, 2.75) is 135 Å². The fraction of sp³-hybridized carbons (Fsp3) is 0.587. The number of carboxylic acids is 1. The first-order valence-electron chi connectivity index (χ1n) is 20.3. The van der Waals surface area contributed by atoms with Crippen LogP contribution in [-0.2, 0) is 28.6 Å². The molecule has 0 spiro atoms. The maximum absolute atomic E-state index is 12.7. The minimum Gasteiger partial charge on any atom is -0.477 e. The Kier molecular flexibility index (Phi) is 33.7. The van der Waals surface area contributed by atoms with Crippen LogP contribution in [0.1, 0.15) is 123 Å². The van der Waals surface area contributed by atoms with Gasteiger partial charge in [-0.2, -0.15) is 0 Å². The zero-order chi connectivity index (χ0) is 40.0. The molecule has 0 heterocycles. The fourth-order valence-corrected chi connectivity index (χ4v) is 5.19. The summed E-state index contributed by atoms with van der Waals surface area (Å²) in [6, 6.07) is -0.631. The van der Waals surface area contributed by atoms with Crippen molar-refractivity contribution in [2.75, 3.05) is 41.0 Å². The Hall–Kier alpha value is -3.75. The maximum Gasteiger partial charge on any atom is 0.362 e. The number of quaternary nitrogens is 1. The molecule has 0 bridgehead atoms. The Morgan fingerprint density at radius 2 is 1.11 bits per heavy atom. The lowest BCUT2D eigenvalue weighted by Crippen LogP contribution is -2.50. The number of rotatable bonds is 34. The number of likely N-dealkylation sites (N-methyl/N-ethyl adjacent to an activating group) is 1. The van der Waals surface area contributed by atoms with Gasteiger partial charge in [-0.1, -0.05) is 137 Å². The molecule has 2 unspecified atom stereocenters. The number of aliphatic carboxylic acids is 1. The molecule has 0 aromatic heterocycles. The van der Waals surface area contributed by atoms with Gasteiger partial charge in [0.1, 0.15) is 6.61 Å². The molecule has 0 rings (SSSR count). The first-order valence-corrected chi connectivity index (χ1v) is 20.3. The molecule has 0 aromatic rings. The van der Waals surface area contributed by atoms with Crippen LogP contribution in [-0.4, -0.2) is 80.6 Å². The van der Waals surface area contributed by atoms with Gasteiger partial charge in [0.2, 0.25) is 0 Å². The highest BCUT2D eigenvalue weighted by atomic mass is 16.6. The molecule has 0 aromatic carbocycles. The number of esters is 2. The zero-order valence-corrected chi connectivity index (χ0v) is 34.4. The highest BCUT2D eigenvalue weighted by Crippen LogP contribution is 2.12. The second kappa shape index (κ2) is 36.2. The monoisotopic (exact) mass is 753 g/mol. The molecule has 2 atom stereocenters. The molecule has 54 heavy (non-hydrogen) atoms. The molecule has 1 N–H and O–H groups in total. The van der Waals surface area contributed by atoms with E-state index in [1.54, 1.807) is 0 Å². The molecule has 0 aliphatic rings. The van der Waals surface area contributed by atoms with E-state index < -0.39 is 18.1 Å². The lowest BCUT2D eigenvalue weighted by atomic mass is 10.1. The Morgan fingerprint density at radius 3 is 1.74 bits per heavy atom. The van der Waals surface area contributed by atoms with Gasteiger partial charge in [-0.3, -0.25) is 9.59 Å². The smallest absolute Gasteiger partial charge is 0.362 e. The summed E-state index contributed by atoms with van der Waals surface area (Å²) in [4.78, 5) is 36.9. The van der Waals surface area contributed by atoms with E-state index in [2.05, 4.69) is 74.6 Å². The normalized spacial score (nSPS) is 14.0. The minimum absolute atomic E-state index is 0.0300. The number of carbonyl (C=O) groups is 3. The average molecular weight is 753 g/mol. The first kappa shape index (κ1) is 50.2. The Balaban J connectivity index is 4.50. The SMILES string of the molecule is CC/C=C/C/C=C/C/C=C/CCCCC(=O)OC(COCCC(C(=O)O)[N+](C)(C)C)COC(=O)CCCCCCC/C=C/C=C/C=C/C=C/C=C/CCC. The largest absolute Gasteiger partial charge is 0.477 e. The summed E-state index contributed by atoms with van der Waals surface area (Å²) in [7, 11) is 5.48. The zero-order valence-electron chi connectivity index (χ0n) is 34.4. The van der Waals surface area contributed by atoms with Crippen LogP contribution in [0.2, 0.25) is 0 Å². The molecule has 0 saturated heterocycles.